The van der Waals surface area contributed by atoms with Gasteiger partial charge < -0.3 is 14.5 Å². The van der Waals surface area contributed by atoms with Crippen LogP contribution in [0.15, 0.2) is 29.2 Å². The number of nitrogens with zero attached hydrogens (tertiary/aromatic N) is 3. The van der Waals surface area contributed by atoms with E-state index >= 15 is 0 Å². The van der Waals surface area contributed by atoms with E-state index < -0.39 is 16.2 Å². The maximum atomic E-state index is 13.2. The van der Waals surface area contributed by atoms with E-state index in [9.17, 15) is 13.2 Å². The highest BCUT2D eigenvalue weighted by Gasteiger charge is 2.44. The van der Waals surface area contributed by atoms with Crippen molar-refractivity contribution in [1.29, 1.82) is 0 Å². The van der Waals surface area contributed by atoms with E-state index in [1.165, 1.54) is 4.31 Å². The summed E-state index contributed by atoms with van der Waals surface area (Å²) in [4.78, 5) is 16.7. The first kappa shape index (κ1) is 19.1. The van der Waals surface area contributed by atoms with Gasteiger partial charge in [0.15, 0.2) is 0 Å². The SMILES string of the molecule is Cc1ccc(S(=O)(=O)N2CCN(C(=O)N3CCOCC3)[C@@H]2C(C)C)cc1. The molecule has 0 aliphatic carbocycles. The Kier molecular flexibility index (Phi) is 5.55. The van der Waals surface area contributed by atoms with E-state index in [4.69, 9.17) is 4.74 Å². The number of hydrogen-bond acceptors (Lipinski definition) is 4. The summed E-state index contributed by atoms with van der Waals surface area (Å²) in [6.07, 6.45) is -0.475. The number of rotatable bonds is 3. The standard InChI is InChI=1S/C18H27N3O4S/c1-14(2)17-20(18(22)19-10-12-25-13-11-19)8-9-21(17)26(23,24)16-6-4-15(3)5-7-16/h4-7,14,17H,8-13H2,1-3H3/t17-/m0/s1. The quantitative estimate of drug-likeness (QED) is 0.800. The highest BCUT2D eigenvalue weighted by Crippen LogP contribution is 2.29. The number of urea groups is 1. The fraction of sp³-hybridized carbons (Fsp3) is 0.611. The molecule has 0 saturated carbocycles. The molecule has 0 unspecified atom stereocenters. The van der Waals surface area contributed by atoms with Crippen LogP contribution in [0.1, 0.15) is 19.4 Å². The second-order valence-electron chi connectivity index (χ2n) is 7.16. The molecule has 7 nitrogen and oxygen atoms in total. The minimum atomic E-state index is -3.65. The maximum Gasteiger partial charge on any atom is 0.321 e. The third kappa shape index (κ3) is 3.58. The molecule has 2 fully saturated rings. The van der Waals surface area contributed by atoms with Crippen LogP contribution in [-0.4, -0.2) is 74.1 Å². The Balaban J connectivity index is 1.86. The summed E-state index contributed by atoms with van der Waals surface area (Å²) in [6, 6.07) is 6.75. The van der Waals surface area contributed by atoms with E-state index in [1.54, 1.807) is 34.1 Å². The van der Waals surface area contributed by atoms with Crippen molar-refractivity contribution in [3.8, 4) is 0 Å². The average molecular weight is 381 g/mol. The summed E-state index contributed by atoms with van der Waals surface area (Å²) in [5, 5.41) is 0. The first-order valence-electron chi connectivity index (χ1n) is 9.04. The second-order valence-corrected chi connectivity index (χ2v) is 9.05. The van der Waals surface area contributed by atoms with Crippen LogP contribution in [0.2, 0.25) is 0 Å². The molecular weight excluding hydrogens is 354 g/mol. The van der Waals surface area contributed by atoms with Gasteiger partial charge in [-0.05, 0) is 25.0 Å². The van der Waals surface area contributed by atoms with E-state index in [-0.39, 0.29) is 16.8 Å². The van der Waals surface area contributed by atoms with Crippen molar-refractivity contribution in [2.45, 2.75) is 31.8 Å². The Morgan fingerprint density at radius 2 is 1.69 bits per heavy atom. The van der Waals surface area contributed by atoms with E-state index in [0.29, 0.717) is 39.4 Å². The van der Waals surface area contributed by atoms with Crippen molar-refractivity contribution in [1.82, 2.24) is 14.1 Å². The average Bonchev–Trinajstić information content (AvgIpc) is 3.08. The van der Waals surface area contributed by atoms with E-state index in [0.717, 1.165) is 5.56 Å². The zero-order chi connectivity index (χ0) is 18.9. The van der Waals surface area contributed by atoms with Crippen molar-refractivity contribution in [3.05, 3.63) is 29.8 Å². The van der Waals surface area contributed by atoms with Crippen LogP contribution in [0.3, 0.4) is 0 Å². The predicted octanol–water partition coefficient (Wildman–Crippen LogP) is 1.74. The molecule has 0 bridgehead atoms. The molecule has 2 amide bonds. The van der Waals surface area contributed by atoms with Gasteiger partial charge in [0.25, 0.3) is 0 Å². The number of carbonyl (C=O) groups excluding carboxylic acids is 1. The fourth-order valence-corrected chi connectivity index (χ4v) is 5.29. The molecule has 144 valence electrons. The van der Waals surface area contributed by atoms with Crippen molar-refractivity contribution in [3.63, 3.8) is 0 Å². The van der Waals surface area contributed by atoms with Crippen LogP contribution < -0.4 is 0 Å². The monoisotopic (exact) mass is 381 g/mol. The van der Waals surface area contributed by atoms with Crippen molar-refractivity contribution >= 4 is 16.1 Å². The maximum absolute atomic E-state index is 13.2. The van der Waals surface area contributed by atoms with E-state index in [2.05, 4.69) is 0 Å². The molecular formula is C18H27N3O4S. The molecule has 0 N–H and O–H groups in total. The summed E-state index contributed by atoms with van der Waals surface area (Å²) in [5.74, 6) is -0.0114. The Hall–Kier alpha value is -1.64. The molecule has 1 aromatic carbocycles. The summed E-state index contributed by atoms with van der Waals surface area (Å²) in [5.41, 5.74) is 1.01. The Bertz CT molecular complexity index is 742. The predicted molar refractivity (Wildman–Crippen MR) is 98.2 cm³/mol. The number of ether oxygens (including phenoxy) is 1. The first-order valence-corrected chi connectivity index (χ1v) is 10.5. The smallest absolute Gasteiger partial charge is 0.321 e. The number of morpholine rings is 1. The van der Waals surface area contributed by atoms with Gasteiger partial charge >= 0.3 is 6.03 Å². The minimum Gasteiger partial charge on any atom is -0.378 e. The Morgan fingerprint density at radius 1 is 1.08 bits per heavy atom. The molecule has 3 rings (SSSR count). The van der Waals surface area contributed by atoms with E-state index in [1.807, 2.05) is 20.8 Å². The molecule has 26 heavy (non-hydrogen) atoms. The first-order chi connectivity index (χ1) is 12.3. The highest BCUT2D eigenvalue weighted by atomic mass is 32.2. The molecule has 1 atom stereocenters. The summed E-state index contributed by atoms with van der Waals surface area (Å²) >= 11 is 0. The largest absolute Gasteiger partial charge is 0.378 e. The zero-order valence-electron chi connectivity index (χ0n) is 15.6. The van der Waals surface area contributed by atoms with Crippen molar-refractivity contribution < 1.29 is 17.9 Å². The lowest BCUT2D eigenvalue weighted by Gasteiger charge is -2.37. The number of amides is 2. The number of sulfonamides is 1. The number of aryl methyl sites for hydroxylation is 1. The topological polar surface area (TPSA) is 70.2 Å². The highest BCUT2D eigenvalue weighted by molar-refractivity contribution is 7.89. The molecule has 2 saturated heterocycles. The van der Waals surface area contributed by atoms with Crippen LogP contribution in [0.5, 0.6) is 0 Å². The number of benzene rings is 1. The van der Waals surface area contributed by atoms with Crippen molar-refractivity contribution in [2.24, 2.45) is 5.92 Å². The van der Waals surface area contributed by atoms with Crippen molar-refractivity contribution in [2.75, 3.05) is 39.4 Å². The zero-order valence-corrected chi connectivity index (χ0v) is 16.4. The summed E-state index contributed by atoms with van der Waals surface area (Å²) in [7, 11) is -3.65. The molecule has 2 aliphatic rings. The van der Waals surface area contributed by atoms with Gasteiger partial charge in [0.2, 0.25) is 10.0 Å². The lowest BCUT2D eigenvalue weighted by molar-refractivity contribution is 0.0370. The Labute approximate surface area is 155 Å². The van der Waals surface area contributed by atoms with Gasteiger partial charge in [0, 0.05) is 26.2 Å². The minimum absolute atomic E-state index is 0.0114. The van der Waals surface area contributed by atoms with Gasteiger partial charge in [-0.3, -0.25) is 0 Å². The van der Waals surface area contributed by atoms with Gasteiger partial charge in [-0.1, -0.05) is 31.5 Å². The third-order valence-corrected chi connectivity index (χ3v) is 6.81. The fourth-order valence-electron chi connectivity index (χ4n) is 3.57. The Morgan fingerprint density at radius 3 is 2.27 bits per heavy atom. The lowest BCUT2D eigenvalue weighted by atomic mass is 10.1. The van der Waals surface area contributed by atoms with Crippen LogP contribution in [0, 0.1) is 12.8 Å². The lowest BCUT2D eigenvalue weighted by Crippen LogP contribution is -2.53. The third-order valence-electron chi connectivity index (χ3n) is 4.93. The molecule has 2 heterocycles. The van der Waals surface area contributed by atoms with Crippen LogP contribution in [-0.2, 0) is 14.8 Å². The normalized spacial score (nSPS) is 22.2. The van der Waals surface area contributed by atoms with Gasteiger partial charge in [-0.15, -0.1) is 0 Å². The van der Waals surface area contributed by atoms with Crippen LogP contribution >= 0.6 is 0 Å². The molecule has 2 aliphatic heterocycles. The molecule has 0 aromatic heterocycles. The van der Waals surface area contributed by atoms with Crippen LogP contribution in [0.25, 0.3) is 0 Å². The molecule has 1 aromatic rings. The van der Waals surface area contributed by atoms with Gasteiger partial charge in [-0.2, -0.15) is 4.31 Å². The molecule has 8 heteroatoms. The number of hydrogen-bond donors (Lipinski definition) is 0. The van der Waals surface area contributed by atoms with Gasteiger partial charge in [-0.25, -0.2) is 13.2 Å². The second kappa shape index (κ2) is 7.54. The molecule has 0 spiro atoms. The summed E-state index contributed by atoms with van der Waals surface area (Å²) < 4.78 is 33.1. The van der Waals surface area contributed by atoms with Crippen LogP contribution in [0.4, 0.5) is 4.79 Å². The molecule has 0 radical (unpaired) electrons. The summed E-state index contributed by atoms with van der Waals surface area (Å²) in [6.45, 7) is 8.69. The number of carbonyl (C=O) groups is 1. The van der Waals surface area contributed by atoms with Gasteiger partial charge in [0.05, 0.1) is 18.1 Å². The van der Waals surface area contributed by atoms with Gasteiger partial charge in [0.1, 0.15) is 6.17 Å².